The number of amides is 1. The Kier molecular flexibility index (Phi) is 8.18. The number of benzene rings is 2. The average Bonchev–Trinajstić information content (AvgIpc) is 3.17. The summed E-state index contributed by atoms with van der Waals surface area (Å²) in [6.45, 7) is 9.09. The molecule has 1 atom stereocenters. The molecule has 0 aromatic heterocycles. The highest BCUT2D eigenvalue weighted by atomic mass is 32.2. The molecule has 0 N–H and O–H groups in total. The van der Waals surface area contributed by atoms with E-state index in [1.54, 1.807) is 23.1 Å². The van der Waals surface area contributed by atoms with E-state index in [0.717, 1.165) is 30.8 Å². The molecule has 2 aromatic rings. The van der Waals surface area contributed by atoms with Gasteiger partial charge in [0, 0.05) is 36.9 Å². The SMILES string of the molecule is CCCOc1cccc(C(=O)N(Cc2ccc(N(CC)CC)cc2)C2CCS(=O)(=O)C2)c1. The second-order valence-corrected chi connectivity index (χ2v) is 10.4. The average molecular weight is 459 g/mol. The van der Waals surface area contributed by atoms with Gasteiger partial charge < -0.3 is 14.5 Å². The van der Waals surface area contributed by atoms with Crippen molar-refractivity contribution in [3.63, 3.8) is 0 Å². The Labute approximate surface area is 192 Å². The van der Waals surface area contributed by atoms with Crippen LogP contribution in [0.25, 0.3) is 0 Å². The second-order valence-electron chi connectivity index (χ2n) is 8.20. The van der Waals surface area contributed by atoms with Crippen LogP contribution >= 0.6 is 0 Å². The number of carbonyl (C=O) groups excluding carboxylic acids is 1. The summed E-state index contributed by atoms with van der Waals surface area (Å²) in [6, 6.07) is 15.0. The predicted octanol–water partition coefficient (Wildman–Crippen LogP) is 4.15. The lowest BCUT2D eigenvalue weighted by Crippen LogP contribution is -2.40. The molecular weight excluding hydrogens is 424 g/mol. The molecule has 0 bridgehead atoms. The molecular formula is C25H34N2O4S. The molecule has 7 heteroatoms. The Morgan fingerprint density at radius 3 is 2.38 bits per heavy atom. The summed E-state index contributed by atoms with van der Waals surface area (Å²) in [4.78, 5) is 17.5. The van der Waals surface area contributed by atoms with Crippen molar-refractivity contribution in [2.24, 2.45) is 0 Å². The molecule has 0 aliphatic carbocycles. The summed E-state index contributed by atoms with van der Waals surface area (Å²) in [5.41, 5.74) is 2.64. The standard InChI is InChI=1S/C25H34N2O4S/c1-4-15-31-24-9-7-8-21(17-24)25(28)27(23-14-16-32(29,30)19-23)18-20-10-12-22(13-11-20)26(5-2)6-3/h7-13,17,23H,4-6,14-16,18-19H2,1-3H3. The van der Waals surface area contributed by atoms with Crippen LogP contribution in [0.3, 0.4) is 0 Å². The van der Waals surface area contributed by atoms with Crippen LogP contribution in [0.1, 0.15) is 49.5 Å². The molecule has 32 heavy (non-hydrogen) atoms. The van der Waals surface area contributed by atoms with Crippen molar-refractivity contribution < 1.29 is 17.9 Å². The van der Waals surface area contributed by atoms with Gasteiger partial charge in [0.2, 0.25) is 0 Å². The van der Waals surface area contributed by atoms with Gasteiger partial charge in [0.25, 0.3) is 5.91 Å². The molecule has 1 aliphatic rings. The molecule has 0 saturated carbocycles. The van der Waals surface area contributed by atoms with Crippen LogP contribution in [-0.2, 0) is 16.4 Å². The minimum atomic E-state index is -3.12. The summed E-state index contributed by atoms with van der Waals surface area (Å²) in [6.07, 6.45) is 1.35. The summed E-state index contributed by atoms with van der Waals surface area (Å²) in [7, 11) is -3.12. The number of anilines is 1. The first kappa shape index (κ1) is 24.1. The molecule has 2 aromatic carbocycles. The largest absolute Gasteiger partial charge is 0.494 e. The van der Waals surface area contributed by atoms with Crippen LogP contribution in [0.15, 0.2) is 48.5 Å². The number of ether oxygens (including phenoxy) is 1. The fraction of sp³-hybridized carbons (Fsp3) is 0.480. The molecule has 1 amide bonds. The molecule has 1 saturated heterocycles. The van der Waals surface area contributed by atoms with E-state index in [1.807, 2.05) is 25.1 Å². The predicted molar refractivity (Wildman–Crippen MR) is 129 cm³/mol. The number of carbonyl (C=O) groups is 1. The zero-order valence-electron chi connectivity index (χ0n) is 19.3. The molecule has 174 valence electrons. The van der Waals surface area contributed by atoms with Crippen molar-refractivity contribution in [3.8, 4) is 5.75 Å². The van der Waals surface area contributed by atoms with E-state index in [0.29, 0.717) is 30.9 Å². The fourth-order valence-corrected chi connectivity index (χ4v) is 5.82. The number of rotatable bonds is 10. The third-order valence-corrected chi connectivity index (χ3v) is 7.63. The van der Waals surface area contributed by atoms with Crippen molar-refractivity contribution in [2.75, 3.05) is 36.1 Å². The van der Waals surface area contributed by atoms with Crippen LogP contribution in [0.2, 0.25) is 0 Å². The maximum Gasteiger partial charge on any atom is 0.254 e. The quantitative estimate of drug-likeness (QED) is 0.535. The Balaban J connectivity index is 1.85. The van der Waals surface area contributed by atoms with Crippen LogP contribution < -0.4 is 9.64 Å². The van der Waals surface area contributed by atoms with Crippen molar-refractivity contribution in [3.05, 3.63) is 59.7 Å². The number of hydrogen-bond donors (Lipinski definition) is 0. The van der Waals surface area contributed by atoms with Gasteiger partial charge in [-0.05, 0) is 62.6 Å². The number of sulfone groups is 1. The first-order valence-electron chi connectivity index (χ1n) is 11.4. The van der Waals surface area contributed by atoms with Crippen LogP contribution in [-0.4, -0.2) is 56.5 Å². The highest BCUT2D eigenvalue weighted by Crippen LogP contribution is 2.25. The minimum Gasteiger partial charge on any atom is -0.494 e. The Morgan fingerprint density at radius 1 is 1.06 bits per heavy atom. The molecule has 6 nitrogen and oxygen atoms in total. The van der Waals surface area contributed by atoms with Gasteiger partial charge in [0.15, 0.2) is 9.84 Å². The first-order valence-corrected chi connectivity index (χ1v) is 13.3. The van der Waals surface area contributed by atoms with Gasteiger partial charge in [-0.25, -0.2) is 8.42 Å². The molecule has 1 heterocycles. The maximum atomic E-state index is 13.5. The first-order chi connectivity index (χ1) is 15.4. The van der Waals surface area contributed by atoms with Gasteiger partial charge in [-0.15, -0.1) is 0 Å². The Bertz CT molecular complexity index is 1000. The lowest BCUT2D eigenvalue weighted by Gasteiger charge is -2.29. The van der Waals surface area contributed by atoms with Crippen LogP contribution in [0.5, 0.6) is 5.75 Å². The fourth-order valence-electron chi connectivity index (χ4n) is 4.09. The highest BCUT2D eigenvalue weighted by molar-refractivity contribution is 7.91. The third-order valence-electron chi connectivity index (χ3n) is 5.88. The van der Waals surface area contributed by atoms with Gasteiger partial charge in [0.05, 0.1) is 18.1 Å². The third kappa shape index (κ3) is 6.03. The number of nitrogens with zero attached hydrogens (tertiary/aromatic N) is 2. The van der Waals surface area contributed by atoms with Gasteiger partial charge in [-0.2, -0.15) is 0 Å². The van der Waals surface area contributed by atoms with Crippen molar-refractivity contribution in [1.82, 2.24) is 4.90 Å². The summed E-state index contributed by atoms with van der Waals surface area (Å²) in [5, 5.41) is 0. The lowest BCUT2D eigenvalue weighted by atomic mass is 10.1. The van der Waals surface area contributed by atoms with Gasteiger partial charge in [-0.1, -0.05) is 25.1 Å². The molecule has 3 rings (SSSR count). The van der Waals surface area contributed by atoms with Crippen molar-refractivity contribution in [1.29, 1.82) is 0 Å². The Morgan fingerprint density at radius 2 is 1.78 bits per heavy atom. The second kappa shape index (κ2) is 10.9. The zero-order valence-corrected chi connectivity index (χ0v) is 20.1. The minimum absolute atomic E-state index is 0.0162. The van der Waals surface area contributed by atoms with E-state index in [2.05, 4.69) is 30.9 Å². The molecule has 1 fully saturated rings. The maximum absolute atomic E-state index is 13.5. The Hall–Kier alpha value is -2.54. The van der Waals surface area contributed by atoms with Gasteiger partial charge >= 0.3 is 0 Å². The summed E-state index contributed by atoms with van der Waals surface area (Å²) >= 11 is 0. The van der Waals surface area contributed by atoms with Gasteiger partial charge in [-0.3, -0.25) is 4.79 Å². The monoisotopic (exact) mass is 458 g/mol. The van der Waals surface area contributed by atoms with Crippen LogP contribution in [0.4, 0.5) is 5.69 Å². The van der Waals surface area contributed by atoms with Crippen molar-refractivity contribution >= 4 is 21.4 Å². The summed E-state index contributed by atoms with van der Waals surface area (Å²) in [5.74, 6) is 0.631. The molecule has 1 unspecified atom stereocenters. The topological polar surface area (TPSA) is 66.9 Å². The highest BCUT2D eigenvalue weighted by Gasteiger charge is 2.35. The van der Waals surface area contributed by atoms with Crippen molar-refractivity contribution in [2.45, 2.75) is 46.2 Å². The van der Waals surface area contributed by atoms with Crippen LogP contribution in [0, 0.1) is 0 Å². The molecule has 0 radical (unpaired) electrons. The van der Waals surface area contributed by atoms with Gasteiger partial charge in [0.1, 0.15) is 5.75 Å². The molecule has 1 aliphatic heterocycles. The summed E-state index contributed by atoms with van der Waals surface area (Å²) < 4.78 is 30.0. The number of hydrogen-bond acceptors (Lipinski definition) is 5. The smallest absolute Gasteiger partial charge is 0.254 e. The molecule has 0 spiro atoms. The lowest BCUT2D eigenvalue weighted by molar-refractivity contribution is 0.0680. The van der Waals surface area contributed by atoms with E-state index in [1.165, 1.54) is 0 Å². The van der Waals surface area contributed by atoms with E-state index in [9.17, 15) is 13.2 Å². The van der Waals surface area contributed by atoms with E-state index < -0.39 is 9.84 Å². The normalized spacial score (nSPS) is 17.2. The van der Waals surface area contributed by atoms with E-state index in [4.69, 9.17) is 4.74 Å². The van der Waals surface area contributed by atoms with E-state index >= 15 is 0 Å². The van der Waals surface area contributed by atoms with E-state index in [-0.39, 0.29) is 23.5 Å². The zero-order chi connectivity index (χ0) is 23.1.